The fraction of sp³-hybridized carbons (Fsp3) is 0.772. The molecule has 1 fully saturated rings. The number of unbranched alkanes of at least 4 members (excludes halogenated alkanes) is 23. The lowest BCUT2D eigenvalue weighted by Gasteiger charge is -2.39. The van der Waals surface area contributed by atoms with Gasteiger partial charge in [-0.25, -0.2) is 0 Å². The maximum Gasteiger partial charge on any atom is 0.306 e. The summed E-state index contributed by atoms with van der Waals surface area (Å²) < 4.78 is 22.9. The molecule has 1 saturated heterocycles. The van der Waals surface area contributed by atoms with Crippen molar-refractivity contribution in [3.8, 4) is 0 Å². The van der Waals surface area contributed by atoms with Crippen molar-refractivity contribution in [3.05, 3.63) is 72.9 Å². The SMILES string of the molecule is CC/C=C\C/C=C\C/C=C\C/C=C\CCCCCCCCCCCCCCCOCC(COC1OC(CO)C(O)C(O)C1O)OC(=O)CCCCCCCCC/C=C\C/C=C\CCCCC. The summed E-state index contributed by atoms with van der Waals surface area (Å²) in [5.41, 5.74) is 0. The molecule has 9 nitrogen and oxygen atoms in total. The fourth-order valence-corrected chi connectivity index (χ4v) is 7.93. The van der Waals surface area contributed by atoms with Crippen LogP contribution in [0.4, 0.5) is 0 Å². The summed E-state index contributed by atoms with van der Waals surface area (Å²) in [5.74, 6) is -0.322. The largest absolute Gasteiger partial charge is 0.457 e. The number of rotatable bonds is 46. The van der Waals surface area contributed by atoms with Gasteiger partial charge in [-0.15, -0.1) is 0 Å². The van der Waals surface area contributed by atoms with Crippen LogP contribution < -0.4 is 0 Å². The predicted octanol–water partition coefficient (Wildman–Crippen LogP) is 13.6. The molecule has 9 heteroatoms. The molecule has 0 aromatic heterocycles. The first-order valence-electron chi connectivity index (χ1n) is 27.0. The quantitative estimate of drug-likeness (QED) is 0.0267. The van der Waals surface area contributed by atoms with Crippen LogP contribution >= 0.6 is 0 Å². The van der Waals surface area contributed by atoms with Gasteiger partial charge in [0.2, 0.25) is 0 Å². The Bertz CT molecular complexity index is 1240. The number of aliphatic hydroxyl groups is 4. The Balaban J connectivity index is 2.17. The van der Waals surface area contributed by atoms with Gasteiger partial charge in [0.05, 0.1) is 19.8 Å². The van der Waals surface area contributed by atoms with E-state index in [0.717, 1.165) is 77.0 Å². The molecular formula is C57H100O9. The minimum absolute atomic E-state index is 0.119. The van der Waals surface area contributed by atoms with Crippen molar-refractivity contribution in [2.45, 2.75) is 256 Å². The second kappa shape index (κ2) is 47.7. The minimum Gasteiger partial charge on any atom is -0.457 e. The first-order valence-corrected chi connectivity index (χ1v) is 27.0. The van der Waals surface area contributed by atoms with Gasteiger partial charge in [0.15, 0.2) is 6.29 Å². The molecule has 6 unspecified atom stereocenters. The van der Waals surface area contributed by atoms with Gasteiger partial charge in [0.25, 0.3) is 0 Å². The Hall–Kier alpha value is -2.37. The average Bonchev–Trinajstić information content (AvgIpc) is 3.32. The van der Waals surface area contributed by atoms with E-state index in [9.17, 15) is 25.2 Å². The van der Waals surface area contributed by atoms with Gasteiger partial charge in [-0.3, -0.25) is 4.79 Å². The molecule has 0 spiro atoms. The number of aliphatic hydroxyl groups excluding tert-OH is 4. The summed E-state index contributed by atoms with van der Waals surface area (Å²) >= 11 is 0. The second-order valence-electron chi connectivity index (χ2n) is 18.3. The summed E-state index contributed by atoms with van der Waals surface area (Å²) in [4.78, 5) is 12.8. The Morgan fingerprint density at radius 1 is 0.500 bits per heavy atom. The van der Waals surface area contributed by atoms with Crippen LogP contribution in [0.2, 0.25) is 0 Å². The average molecular weight is 929 g/mol. The van der Waals surface area contributed by atoms with E-state index in [0.29, 0.717) is 13.0 Å². The van der Waals surface area contributed by atoms with Crippen molar-refractivity contribution < 1.29 is 44.2 Å². The lowest BCUT2D eigenvalue weighted by atomic mass is 9.99. The molecule has 1 aliphatic rings. The number of esters is 1. The number of carbonyl (C=O) groups is 1. The topological polar surface area (TPSA) is 135 Å². The van der Waals surface area contributed by atoms with Gasteiger partial charge < -0.3 is 39.4 Å². The molecule has 0 amide bonds. The maximum absolute atomic E-state index is 12.8. The van der Waals surface area contributed by atoms with E-state index in [4.69, 9.17) is 18.9 Å². The summed E-state index contributed by atoms with van der Waals surface area (Å²) in [6, 6.07) is 0. The van der Waals surface area contributed by atoms with Crippen LogP contribution in [0.1, 0.15) is 219 Å². The van der Waals surface area contributed by atoms with Gasteiger partial charge in [-0.05, 0) is 83.5 Å². The van der Waals surface area contributed by atoms with E-state index >= 15 is 0 Å². The smallest absolute Gasteiger partial charge is 0.306 e. The molecule has 1 heterocycles. The van der Waals surface area contributed by atoms with Gasteiger partial charge in [0.1, 0.15) is 30.5 Å². The van der Waals surface area contributed by atoms with Crippen molar-refractivity contribution in [2.75, 3.05) is 26.4 Å². The van der Waals surface area contributed by atoms with Crippen molar-refractivity contribution >= 4 is 5.97 Å². The van der Waals surface area contributed by atoms with Gasteiger partial charge in [0, 0.05) is 13.0 Å². The Labute approximate surface area is 404 Å². The second-order valence-corrected chi connectivity index (χ2v) is 18.3. The number of carbonyl (C=O) groups excluding carboxylic acids is 1. The third-order valence-electron chi connectivity index (χ3n) is 12.1. The standard InChI is InChI=1S/C57H100O9/c1-3-5-7-9-11-13-15-17-19-21-22-23-24-25-26-27-28-29-31-33-35-37-39-41-43-45-47-63-49-51(50-64-57-56(62)55(61)54(60)52(48-58)66-57)65-53(59)46-44-42-40-38-36-34-32-30-20-18-16-14-12-10-8-6-4-2/h5,7,11-14,17-20,22-23,51-52,54-58,60-62H,3-4,6,8-10,15-16,21,24-50H2,1-2H3/b7-5-,13-11-,14-12-,19-17-,20-18-,23-22-. The predicted molar refractivity (Wildman–Crippen MR) is 274 cm³/mol. The summed E-state index contributed by atoms with van der Waals surface area (Å²) in [6.45, 7) is 4.42. The van der Waals surface area contributed by atoms with Crippen molar-refractivity contribution in [3.63, 3.8) is 0 Å². The number of ether oxygens (including phenoxy) is 4. The normalized spacial score (nSPS) is 19.9. The van der Waals surface area contributed by atoms with Gasteiger partial charge >= 0.3 is 5.97 Å². The van der Waals surface area contributed by atoms with Gasteiger partial charge in [-0.1, -0.05) is 202 Å². The Morgan fingerprint density at radius 2 is 0.924 bits per heavy atom. The molecule has 66 heavy (non-hydrogen) atoms. The van der Waals surface area contributed by atoms with E-state index in [-0.39, 0.29) is 19.2 Å². The summed E-state index contributed by atoms with van der Waals surface area (Å²) in [5, 5.41) is 40.3. The zero-order chi connectivity index (χ0) is 47.8. The molecule has 382 valence electrons. The fourth-order valence-electron chi connectivity index (χ4n) is 7.93. The highest BCUT2D eigenvalue weighted by molar-refractivity contribution is 5.69. The van der Waals surface area contributed by atoms with Crippen molar-refractivity contribution in [2.24, 2.45) is 0 Å². The molecule has 6 atom stereocenters. The highest BCUT2D eigenvalue weighted by atomic mass is 16.7. The van der Waals surface area contributed by atoms with Crippen molar-refractivity contribution in [1.29, 1.82) is 0 Å². The minimum atomic E-state index is -1.54. The molecule has 0 aliphatic carbocycles. The number of hydrogen-bond acceptors (Lipinski definition) is 9. The van der Waals surface area contributed by atoms with Crippen LogP contribution in [0.5, 0.6) is 0 Å². The molecule has 0 saturated carbocycles. The highest BCUT2D eigenvalue weighted by Crippen LogP contribution is 2.23. The first kappa shape index (κ1) is 61.6. The van der Waals surface area contributed by atoms with Crippen LogP contribution in [-0.4, -0.2) is 89.6 Å². The number of allylic oxidation sites excluding steroid dienone is 12. The molecule has 0 bridgehead atoms. The summed E-state index contributed by atoms with van der Waals surface area (Å²) in [6.07, 6.45) is 56.5. The van der Waals surface area contributed by atoms with E-state index in [1.54, 1.807) is 0 Å². The monoisotopic (exact) mass is 929 g/mol. The van der Waals surface area contributed by atoms with E-state index in [1.807, 2.05) is 0 Å². The zero-order valence-corrected chi connectivity index (χ0v) is 42.2. The maximum atomic E-state index is 12.8. The van der Waals surface area contributed by atoms with Crippen LogP contribution in [0.25, 0.3) is 0 Å². The van der Waals surface area contributed by atoms with E-state index in [2.05, 4.69) is 86.8 Å². The molecule has 0 aromatic carbocycles. The first-order chi connectivity index (χ1) is 32.4. The lowest BCUT2D eigenvalue weighted by molar-refractivity contribution is -0.305. The third-order valence-corrected chi connectivity index (χ3v) is 12.1. The van der Waals surface area contributed by atoms with Crippen LogP contribution in [0.15, 0.2) is 72.9 Å². The number of hydrogen-bond donors (Lipinski definition) is 4. The Morgan fingerprint density at radius 3 is 1.39 bits per heavy atom. The molecule has 0 aromatic rings. The van der Waals surface area contributed by atoms with E-state index < -0.39 is 43.4 Å². The third kappa shape index (κ3) is 37.6. The summed E-state index contributed by atoms with van der Waals surface area (Å²) in [7, 11) is 0. The molecule has 1 rings (SSSR count). The molecule has 1 aliphatic heterocycles. The van der Waals surface area contributed by atoms with Crippen LogP contribution in [-0.2, 0) is 23.7 Å². The van der Waals surface area contributed by atoms with Crippen LogP contribution in [0.3, 0.4) is 0 Å². The molecular weight excluding hydrogens is 829 g/mol. The molecule has 0 radical (unpaired) electrons. The molecule has 4 N–H and O–H groups in total. The van der Waals surface area contributed by atoms with Gasteiger partial charge in [-0.2, -0.15) is 0 Å². The van der Waals surface area contributed by atoms with Crippen LogP contribution in [0, 0.1) is 0 Å². The lowest BCUT2D eigenvalue weighted by Crippen LogP contribution is -2.59. The highest BCUT2D eigenvalue weighted by Gasteiger charge is 2.44. The van der Waals surface area contributed by atoms with E-state index in [1.165, 1.54) is 122 Å². The Kier molecular flexibility index (Phi) is 44.5. The van der Waals surface area contributed by atoms with Crippen molar-refractivity contribution in [1.82, 2.24) is 0 Å². The zero-order valence-electron chi connectivity index (χ0n) is 42.2.